The summed E-state index contributed by atoms with van der Waals surface area (Å²) in [6.45, 7) is 4.26. The Balaban J connectivity index is 3.50. The molecule has 0 saturated carbocycles. The van der Waals surface area contributed by atoms with E-state index >= 15 is 0 Å². The van der Waals surface area contributed by atoms with E-state index in [1.165, 1.54) is 0 Å². The first-order valence-electron chi connectivity index (χ1n) is 4.48. The van der Waals surface area contributed by atoms with Gasteiger partial charge in [-0.1, -0.05) is 38.2 Å². The van der Waals surface area contributed by atoms with Gasteiger partial charge in [-0.2, -0.15) is 0 Å². The highest BCUT2D eigenvalue weighted by Gasteiger charge is 1.91. The van der Waals surface area contributed by atoms with E-state index in [1.54, 1.807) is 0 Å². The van der Waals surface area contributed by atoms with Crippen LogP contribution in [0.1, 0.15) is 33.1 Å². The van der Waals surface area contributed by atoms with Gasteiger partial charge in [-0.05, 0) is 18.8 Å². The molecular formula is C11H17O. The number of allylic oxidation sites excluding steroid dienone is 4. The molecule has 1 unspecified atom stereocenters. The zero-order valence-electron chi connectivity index (χ0n) is 7.92. The summed E-state index contributed by atoms with van der Waals surface area (Å²) < 4.78 is 0. The van der Waals surface area contributed by atoms with E-state index in [0.717, 1.165) is 12.8 Å². The van der Waals surface area contributed by atoms with Crippen molar-refractivity contribution < 1.29 is 4.79 Å². The molecule has 0 aromatic carbocycles. The predicted molar refractivity (Wildman–Crippen MR) is 52.7 cm³/mol. The second-order valence-corrected chi connectivity index (χ2v) is 2.87. The Hall–Kier alpha value is -0.850. The summed E-state index contributed by atoms with van der Waals surface area (Å²) in [5, 5.41) is 0. The molecule has 0 aromatic heterocycles. The van der Waals surface area contributed by atoms with E-state index in [9.17, 15) is 4.79 Å². The maximum Gasteiger partial charge on any atom is 0.202 e. The largest absolute Gasteiger partial charge is 0.291 e. The summed E-state index contributed by atoms with van der Waals surface area (Å²) in [7, 11) is 0. The van der Waals surface area contributed by atoms with Crippen molar-refractivity contribution in [2.24, 2.45) is 5.92 Å². The Kier molecular flexibility index (Phi) is 7.66. The molecule has 0 fully saturated rings. The van der Waals surface area contributed by atoms with Gasteiger partial charge in [-0.25, -0.2) is 0 Å². The SMILES string of the molecule is CCC=CCC(C)C=CC[C]=O. The van der Waals surface area contributed by atoms with Crippen LogP contribution in [0.5, 0.6) is 0 Å². The molecule has 67 valence electrons. The maximum absolute atomic E-state index is 9.86. The molecule has 0 aromatic rings. The summed E-state index contributed by atoms with van der Waals surface area (Å²) >= 11 is 0. The second kappa shape index (κ2) is 8.25. The van der Waals surface area contributed by atoms with Gasteiger partial charge in [0, 0.05) is 6.42 Å². The normalized spacial score (nSPS) is 14.2. The third kappa shape index (κ3) is 7.26. The molecule has 1 nitrogen and oxygen atoms in total. The Morgan fingerprint density at radius 3 is 2.67 bits per heavy atom. The van der Waals surface area contributed by atoms with Gasteiger partial charge in [0.25, 0.3) is 0 Å². The minimum Gasteiger partial charge on any atom is -0.291 e. The summed E-state index contributed by atoms with van der Waals surface area (Å²) in [5.74, 6) is 0.529. The van der Waals surface area contributed by atoms with E-state index in [1.807, 2.05) is 12.4 Å². The smallest absolute Gasteiger partial charge is 0.202 e. The van der Waals surface area contributed by atoms with E-state index in [4.69, 9.17) is 0 Å². The van der Waals surface area contributed by atoms with E-state index in [-0.39, 0.29) is 0 Å². The first kappa shape index (κ1) is 11.2. The Labute approximate surface area is 75.2 Å². The highest BCUT2D eigenvalue weighted by molar-refractivity contribution is 5.52. The quantitative estimate of drug-likeness (QED) is 0.553. The topological polar surface area (TPSA) is 17.1 Å². The van der Waals surface area contributed by atoms with Crippen molar-refractivity contribution in [2.45, 2.75) is 33.1 Å². The third-order valence-electron chi connectivity index (χ3n) is 1.58. The van der Waals surface area contributed by atoms with Crippen LogP contribution >= 0.6 is 0 Å². The van der Waals surface area contributed by atoms with Crippen LogP contribution in [0, 0.1) is 5.92 Å². The van der Waals surface area contributed by atoms with Crippen LogP contribution in [0.3, 0.4) is 0 Å². The Bertz CT molecular complexity index is 156. The van der Waals surface area contributed by atoms with Crippen molar-refractivity contribution in [3.8, 4) is 0 Å². The molecule has 0 rings (SSSR count). The molecule has 0 N–H and O–H groups in total. The van der Waals surface area contributed by atoms with Crippen LogP contribution in [0.15, 0.2) is 24.3 Å². The molecule has 0 saturated heterocycles. The van der Waals surface area contributed by atoms with E-state index in [0.29, 0.717) is 12.3 Å². The average molecular weight is 165 g/mol. The van der Waals surface area contributed by atoms with Crippen LogP contribution in [0.4, 0.5) is 0 Å². The zero-order chi connectivity index (χ0) is 9.23. The van der Waals surface area contributed by atoms with Crippen molar-refractivity contribution in [1.29, 1.82) is 0 Å². The lowest BCUT2D eigenvalue weighted by Crippen LogP contribution is -1.85. The fourth-order valence-corrected chi connectivity index (χ4v) is 0.905. The lowest BCUT2D eigenvalue weighted by molar-refractivity contribution is 0.556. The van der Waals surface area contributed by atoms with Gasteiger partial charge in [0.15, 0.2) is 0 Å². The fraction of sp³-hybridized carbons (Fsp3) is 0.545. The minimum atomic E-state index is 0.418. The molecule has 1 radical (unpaired) electrons. The molecule has 0 aliphatic carbocycles. The predicted octanol–water partition coefficient (Wildman–Crippen LogP) is 3.03. The standard InChI is InChI=1S/C11H17O/c1-3-4-5-8-11(2)9-6-7-10-12/h4-6,9,11H,3,7-8H2,1-2H3. The van der Waals surface area contributed by atoms with Crippen molar-refractivity contribution in [3.63, 3.8) is 0 Å². The number of hydrogen-bond acceptors (Lipinski definition) is 1. The van der Waals surface area contributed by atoms with E-state index < -0.39 is 0 Å². The minimum absolute atomic E-state index is 0.418. The van der Waals surface area contributed by atoms with E-state index in [2.05, 4.69) is 32.1 Å². The maximum atomic E-state index is 9.86. The molecule has 0 amide bonds. The van der Waals surface area contributed by atoms with Crippen LogP contribution in [-0.2, 0) is 4.79 Å². The van der Waals surface area contributed by atoms with Crippen LogP contribution < -0.4 is 0 Å². The van der Waals surface area contributed by atoms with Crippen molar-refractivity contribution in [1.82, 2.24) is 0 Å². The van der Waals surface area contributed by atoms with Gasteiger partial charge in [0.1, 0.15) is 0 Å². The van der Waals surface area contributed by atoms with Crippen molar-refractivity contribution >= 4 is 6.29 Å². The lowest BCUT2D eigenvalue weighted by Gasteiger charge is -1.99. The molecule has 0 heterocycles. The number of carbonyl (C=O) groups excluding carboxylic acids is 1. The average Bonchev–Trinajstić information content (AvgIpc) is 2.06. The molecule has 0 aliphatic heterocycles. The molecule has 12 heavy (non-hydrogen) atoms. The summed E-state index contributed by atoms with van der Waals surface area (Å²) in [6.07, 6.45) is 12.7. The second-order valence-electron chi connectivity index (χ2n) is 2.87. The van der Waals surface area contributed by atoms with Crippen molar-refractivity contribution in [2.75, 3.05) is 0 Å². The fourth-order valence-electron chi connectivity index (χ4n) is 0.905. The van der Waals surface area contributed by atoms with Gasteiger partial charge in [0.05, 0.1) is 0 Å². The van der Waals surface area contributed by atoms with Gasteiger partial charge in [-0.15, -0.1) is 0 Å². The van der Waals surface area contributed by atoms with Crippen LogP contribution in [-0.4, -0.2) is 6.29 Å². The first-order valence-corrected chi connectivity index (χ1v) is 4.48. The summed E-state index contributed by atoms with van der Waals surface area (Å²) in [5.41, 5.74) is 0. The Morgan fingerprint density at radius 1 is 1.33 bits per heavy atom. The molecule has 0 bridgehead atoms. The summed E-state index contributed by atoms with van der Waals surface area (Å²) in [4.78, 5) is 9.86. The highest BCUT2D eigenvalue weighted by Crippen LogP contribution is 2.05. The van der Waals surface area contributed by atoms with Crippen molar-refractivity contribution in [3.05, 3.63) is 24.3 Å². The highest BCUT2D eigenvalue weighted by atomic mass is 16.1. The van der Waals surface area contributed by atoms with Gasteiger partial charge < -0.3 is 0 Å². The summed E-state index contributed by atoms with van der Waals surface area (Å²) in [6, 6.07) is 0. The monoisotopic (exact) mass is 165 g/mol. The Morgan fingerprint density at radius 2 is 2.08 bits per heavy atom. The number of hydrogen-bond donors (Lipinski definition) is 0. The lowest BCUT2D eigenvalue weighted by atomic mass is 10.1. The van der Waals surface area contributed by atoms with Crippen LogP contribution in [0.25, 0.3) is 0 Å². The zero-order valence-corrected chi connectivity index (χ0v) is 7.92. The van der Waals surface area contributed by atoms with Crippen LogP contribution in [0.2, 0.25) is 0 Å². The van der Waals surface area contributed by atoms with Gasteiger partial charge in [0.2, 0.25) is 6.29 Å². The van der Waals surface area contributed by atoms with Gasteiger partial charge >= 0.3 is 0 Å². The molecule has 0 aliphatic rings. The number of rotatable bonds is 6. The third-order valence-corrected chi connectivity index (χ3v) is 1.58. The molecular weight excluding hydrogens is 148 g/mol. The van der Waals surface area contributed by atoms with Gasteiger partial charge in [-0.3, -0.25) is 4.79 Å². The molecule has 1 atom stereocenters. The molecule has 0 spiro atoms. The molecule has 1 heteroatoms. The first-order chi connectivity index (χ1) is 5.81.